The molecular weight excluding hydrogens is 322 g/mol. The number of nitrogens with one attached hydrogen (secondary N) is 1. The Labute approximate surface area is 155 Å². The summed E-state index contributed by atoms with van der Waals surface area (Å²) in [6, 6.07) is 18.0. The molecule has 0 amide bonds. The van der Waals surface area contributed by atoms with Crippen LogP contribution in [0.1, 0.15) is 20.3 Å². The third-order valence-electron chi connectivity index (χ3n) is 4.52. The van der Waals surface area contributed by atoms with E-state index in [9.17, 15) is 0 Å². The number of hydrogen-bond donors (Lipinski definition) is 1. The van der Waals surface area contributed by atoms with Crippen molar-refractivity contribution in [3.8, 4) is 11.5 Å². The molecule has 4 nitrogen and oxygen atoms in total. The molecule has 3 rings (SSSR count). The fourth-order valence-corrected chi connectivity index (χ4v) is 3.05. The quantitative estimate of drug-likeness (QED) is 0.541. The second-order valence-corrected chi connectivity index (χ2v) is 6.27. The van der Waals surface area contributed by atoms with E-state index in [1.807, 2.05) is 54.7 Å². The minimum atomic E-state index is 0.822. The zero-order valence-corrected chi connectivity index (χ0v) is 15.6. The summed E-state index contributed by atoms with van der Waals surface area (Å²) < 4.78 is 6.03. The van der Waals surface area contributed by atoms with Crippen LogP contribution >= 0.6 is 0 Å². The summed E-state index contributed by atoms with van der Waals surface area (Å²) in [6.45, 7) is 8.63. The number of ether oxygens (including phenoxy) is 1. The third kappa shape index (κ3) is 4.73. The molecule has 0 aliphatic carbocycles. The first-order valence-electron chi connectivity index (χ1n) is 9.38. The Morgan fingerprint density at radius 3 is 2.54 bits per heavy atom. The van der Waals surface area contributed by atoms with Gasteiger partial charge in [0.25, 0.3) is 0 Å². The van der Waals surface area contributed by atoms with Crippen molar-refractivity contribution >= 4 is 16.6 Å². The minimum Gasteiger partial charge on any atom is -0.457 e. The van der Waals surface area contributed by atoms with Gasteiger partial charge in [0.1, 0.15) is 11.5 Å². The molecule has 0 aliphatic heterocycles. The van der Waals surface area contributed by atoms with E-state index in [-0.39, 0.29) is 0 Å². The van der Waals surface area contributed by atoms with Gasteiger partial charge in [-0.05, 0) is 50.3 Å². The fraction of sp³-hybridized carbons (Fsp3) is 0.318. The molecule has 26 heavy (non-hydrogen) atoms. The maximum Gasteiger partial charge on any atom is 0.130 e. The van der Waals surface area contributed by atoms with E-state index < -0.39 is 0 Å². The van der Waals surface area contributed by atoms with Gasteiger partial charge in [-0.1, -0.05) is 38.1 Å². The van der Waals surface area contributed by atoms with Gasteiger partial charge in [-0.2, -0.15) is 0 Å². The van der Waals surface area contributed by atoms with Crippen LogP contribution in [-0.4, -0.2) is 36.1 Å². The summed E-state index contributed by atoms with van der Waals surface area (Å²) in [6.07, 6.45) is 2.93. The van der Waals surface area contributed by atoms with Crippen LogP contribution in [0.4, 0.5) is 5.69 Å². The Morgan fingerprint density at radius 2 is 1.77 bits per heavy atom. The van der Waals surface area contributed by atoms with Gasteiger partial charge in [-0.3, -0.25) is 4.98 Å². The Morgan fingerprint density at radius 1 is 0.962 bits per heavy atom. The SMILES string of the molecule is CCN(CC)CCCNc1cc(Oc2ccccc2)cc2cccnc12. The molecule has 2 aromatic carbocycles. The van der Waals surface area contributed by atoms with E-state index in [2.05, 4.69) is 35.1 Å². The molecule has 1 N–H and O–H groups in total. The molecule has 1 aromatic heterocycles. The summed E-state index contributed by atoms with van der Waals surface area (Å²) in [5, 5.41) is 4.62. The van der Waals surface area contributed by atoms with Gasteiger partial charge < -0.3 is 15.0 Å². The first-order valence-corrected chi connectivity index (χ1v) is 9.38. The number of pyridine rings is 1. The van der Waals surface area contributed by atoms with E-state index in [1.54, 1.807) is 0 Å². The second-order valence-electron chi connectivity index (χ2n) is 6.27. The standard InChI is InChI=1S/C22H27N3O/c1-3-25(4-2)15-9-14-23-21-17-20(26-19-11-6-5-7-12-19)16-18-10-8-13-24-22(18)21/h5-8,10-13,16-17,23H,3-4,9,14-15H2,1-2H3. The average molecular weight is 349 g/mol. The van der Waals surface area contributed by atoms with Crippen LogP contribution in [0, 0.1) is 0 Å². The van der Waals surface area contributed by atoms with E-state index in [0.717, 1.165) is 60.7 Å². The lowest BCUT2D eigenvalue weighted by Gasteiger charge is -2.18. The van der Waals surface area contributed by atoms with Crippen LogP contribution in [0.2, 0.25) is 0 Å². The van der Waals surface area contributed by atoms with Crippen LogP contribution in [0.3, 0.4) is 0 Å². The molecule has 1 heterocycles. The predicted octanol–water partition coefficient (Wildman–Crippen LogP) is 5.17. The van der Waals surface area contributed by atoms with E-state index in [0.29, 0.717) is 0 Å². The lowest BCUT2D eigenvalue weighted by Crippen LogP contribution is -2.25. The van der Waals surface area contributed by atoms with Crippen molar-refractivity contribution in [2.24, 2.45) is 0 Å². The molecule has 0 aliphatic rings. The number of anilines is 1. The lowest BCUT2D eigenvalue weighted by atomic mass is 10.1. The average Bonchev–Trinajstić information content (AvgIpc) is 2.69. The molecule has 3 aromatic rings. The number of rotatable bonds is 9. The van der Waals surface area contributed by atoms with Gasteiger partial charge in [-0.25, -0.2) is 0 Å². The number of aromatic nitrogens is 1. The summed E-state index contributed by atoms with van der Waals surface area (Å²) in [7, 11) is 0. The Kier molecular flexibility index (Phi) is 6.45. The first-order chi connectivity index (χ1) is 12.8. The number of hydrogen-bond acceptors (Lipinski definition) is 4. The van der Waals surface area contributed by atoms with Crippen LogP contribution in [0.25, 0.3) is 10.9 Å². The van der Waals surface area contributed by atoms with E-state index >= 15 is 0 Å². The van der Waals surface area contributed by atoms with Gasteiger partial charge >= 0.3 is 0 Å². The summed E-state index contributed by atoms with van der Waals surface area (Å²) in [4.78, 5) is 6.98. The minimum absolute atomic E-state index is 0.822. The lowest BCUT2D eigenvalue weighted by molar-refractivity contribution is 0.303. The zero-order valence-electron chi connectivity index (χ0n) is 15.6. The number of nitrogens with zero attached hydrogens (tertiary/aromatic N) is 2. The summed E-state index contributed by atoms with van der Waals surface area (Å²) >= 11 is 0. The van der Waals surface area contributed by atoms with Crippen molar-refractivity contribution in [2.45, 2.75) is 20.3 Å². The predicted molar refractivity (Wildman–Crippen MR) is 109 cm³/mol. The Hall–Kier alpha value is -2.59. The molecule has 0 fully saturated rings. The normalized spacial score (nSPS) is 11.0. The number of fused-ring (bicyclic) bond motifs is 1. The van der Waals surface area contributed by atoms with Gasteiger partial charge in [0.05, 0.1) is 11.2 Å². The largest absolute Gasteiger partial charge is 0.457 e. The monoisotopic (exact) mass is 349 g/mol. The molecule has 0 bridgehead atoms. The second kappa shape index (κ2) is 9.20. The van der Waals surface area contributed by atoms with E-state index in [1.165, 1.54) is 0 Å². The zero-order chi connectivity index (χ0) is 18.2. The van der Waals surface area contributed by atoms with Crippen LogP contribution < -0.4 is 10.1 Å². The first kappa shape index (κ1) is 18.2. The number of para-hydroxylation sites is 1. The van der Waals surface area contributed by atoms with Crippen molar-refractivity contribution in [3.63, 3.8) is 0 Å². The summed E-state index contributed by atoms with van der Waals surface area (Å²) in [5.41, 5.74) is 2.00. The highest BCUT2D eigenvalue weighted by Crippen LogP contribution is 2.30. The molecule has 0 spiro atoms. The van der Waals surface area contributed by atoms with Crippen LogP contribution in [0.15, 0.2) is 60.8 Å². The Balaban J connectivity index is 1.75. The van der Waals surface area contributed by atoms with Crippen molar-refractivity contribution in [1.29, 1.82) is 0 Å². The molecule has 0 saturated heterocycles. The van der Waals surface area contributed by atoms with Gasteiger partial charge in [0, 0.05) is 24.2 Å². The highest BCUT2D eigenvalue weighted by molar-refractivity contribution is 5.91. The van der Waals surface area contributed by atoms with Gasteiger partial charge in [0.15, 0.2) is 0 Å². The van der Waals surface area contributed by atoms with Crippen LogP contribution in [-0.2, 0) is 0 Å². The third-order valence-corrected chi connectivity index (χ3v) is 4.52. The van der Waals surface area contributed by atoms with Gasteiger partial charge in [0.2, 0.25) is 0 Å². The van der Waals surface area contributed by atoms with Crippen LogP contribution in [0.5, 0.6) is 11.5 Å². The molecule has 4 heteroatoms. The Bertz CT molecular complexity index is 816. The van der Waals surface area contributed by atoms with Gasteiger partial charge in [-0.15, -0.1) is 0 Å². The molecular formula is C22H27N3O. The van der Waals surface area contributed by atoms with Crippen molar-refractivity contribution < 1.29 is 4.74 Å². The molecule has 136 valence electrons. The molecule has 0 atom stereocenters. The smallest absolute Gasteiger partial charge is 0.130 e. The van der Waals surface area contributed by atoms with Crippen molar-refractivity contribution in [3.05, 3.63) is 60.8 Å². The highest BCUT2D eigenvalue weighted by Gasteiger charge is 2.07. The molecule has 0 unspecified atom stereocenters. The molecule has 0 radical (unpaired) electrons. The summed E-state index contributed by atoms with van der Waals surface area (Å²) in [5.74, 6) is 1.66. The van der Waals surface area contributed by atoms with Crippen molar-refractivity contribution in [2.75, 3.05) is 31.5 Å². The topological polar surface area (TPSA) is 37.4 Å². The fourth-order valence-electron chi connectivity index (χ4n) is 3.05. The maximum absolute atomic E-state index is 6.03. The highest BCUT2D eigenvalue weighted by atomic mass is 16.5. The van der Waals surface area contributed by atoms with Crippen molar-refractivity contribution in [1.82, 2.24) is 9.88 Å². The molecule has 0 saturated carbocycles. The van der Waals surface area contributed by atoms with E-state index in [4.69, 9.17) is 4.74 Å². The maximum atomic E-state index is 6.03. The number of benzene rings is 2.